The average Bonchev–Trinajstić information content (AvgIpc) is 2.98. The molecule has 1 saturated heterocycles. The van der Waals surface area contributed by atoms with Crippen LogP contribution in [0.15, 0.2) is 24.3 Å². The normalized spacial score (nSPS) is 17.5. The average molecular weight is 362 g/mol. The van der Waals surface area contributed by atoms with Crippen LogP contribution in [0, 0.1) is 5.92 Å². The molecule has 0 saturated carbocycles. The van der Waals surface area contributed by atoms with E-state index >= 15 is 0 Å². The standard InChI is InChI=1S/C17H22N4O3S/c1-20-6-8-21(9-7-20)11-12(16(23)24)10-15(22)19-17-18-13-4-2-3-5-14(13)25-17/h2-5,12H,6-11H2,1H3,(H,23,24)(H,18,19,22)/t12-/m0/s1. The number of para-hydroxylation sites is 1. The number of carboxylic acid groups (broad SMARTS) is 1. The van der Waals surface area contributed by atoms with Gasteiger partial charge >= 0.3 is 5.97 Å². The number of hydrogen-bond donors (Lipinski definition) is 2. The molecule has 0 spiro atoms. The summed E-state index contributed by atoms with van der Waals surface area (Å²) < 4.78 is 0.991. The smallest absolute Gasteiger partial charge is 0.308 e. The minimum absolute atomic E-state index is 0.0440. The molecule has 2 aromatic rings. The Morgan fingerprint density at radius 1 is 1.28 bits per heavy atom. The molecule has 0 unspecified atom stereocenters. The number of anilines is 1. The van der Waals surface area contributed by atoms with Gasteiger partial charge in [0.05, 0.1) is 16.1 Å². The van der Waals surface area contributed by atoms with Gasteiger partial charge in [0.2, 0.25) is 5.91 Å². The molecule has 1 fully saturated rings. The monoisotopic (exact) mass is 362 g/mol. The molecule has 25 heavy (non-hydrogen) atoms. The Bertz CT molecular complexity index is 722. The maximum Gasteiger partial charge on any atom is 0.308 e. The summed E-state index contributed by atoms with van der Waals surface area (Å²) in [7, 11) is 2.05. The Labute approximate surface area is 150 Å². The second-order valence-corrected chi connectivity index (χ2v) is 7.41. The van der Waals surface area contributed by atoms with E-state index in [1.54, 1.807) is 0 Å². The number of carbonyl (C=O) groups excluding carboxylic acids is 1. The van der Waals surface area contributed by atoms with Gasteiger partial charge in [-0.2, -0.15) is 0 Å². The number of aromatic nitrogens is 1. The maximum absolute atomic E-state index is 12.3. The molecule has 1 amide bonds. The van der Waals surface area contributed by atoms with Gasteiger partial charge < -0.3 is 15.3 Å². The molecule has 0 aliphatic carbocycles. The minimum atomic E-state index is -0.932. The zero-order chi connectivity index (χ0) is 17.8. The highest BCUT2D eigenvalue weighted by Gasteiger charge is 2.26. The number of likely N-dealkylation sites (N-methyl/N-ethyl adjacent to an activating group) is 1. The van der Waals surface area contributed by atoms with Crippen molar-refractivity contribution in [1.82, 2.24) is 14.8 Å². The Morgan fingerprint density at radius 2 is 2.00 bits per heavy atom. The summed E-state index contributed by atoms with van der Waals surface area (Å²) in [4.78, 5) is 32.5. The molecule has 2 heterocycles. The van der Waals surface area contributed by atoms with Crippen molar-refractivity contribution in [2.45, 2.75) is 6.42 Å². The molecule has 1 aliphatic heterocycles. The van der Waals surface area contributed by atoms with Crippen molar-refractivity contribution < 1.29 is 14.7 Å². The zero-order valence-corrected chi connectivity index (χ0v) is 15.0. The Kier molecular flexibility index (Phi) is 5.62. The van der Waals surface area contributed by atoms with E-state index in [0.29, 0.717) is 11.7 Å². The Balaban J connectivity index is 1.57. The van der Waals surface area contributed by atoms with Crippen molar-refractivity contribution in [2.24, 2.45) is 5.92 Å². The first kappa shape index (κ1) is 17.8. The first-order chi connectivity index (χ1) is 12.0. The number of hydrogen-bond acceptors (Lipinski definition) is 6. The van der Waals surface area contributed by atoms with Crippen LogP contribution in [0.4, 0.5) is 5.13 Å². The molecule has 0 radical (unpaired) electrons. The van der Waals surface area contributed by atoms with Crippen molar-refractivity contribution in [3.63, 3.8) is 0 Å². The van der Waals surface area contributed by atoms with Crippen molar-refractivity contribution in [1.29, 1.82) is 0 Å². The first-order valence-electron chi connectivity index (χ1n) is 8.30. The van der Waals surface area contributed by atoms with E-state index in [0.717, 1.165) is 36.4 Å². The number of aliphatic carboxylic acids is 1. The predicted molar refractivity (Wildman–Crippen MR) is 97.9 cm³/mol. The number of amides is 1. The van der Waals surface area contributed by atoms with Gasteiger partial charge in [-0.1, -0.05) is 23.5 Å². The Morgan fingerprint density at radius 3 is 2.68 bits per heavy atom. The van der Waals surface area contributed by atoms with Crippen LogP contribution >= 0.6 is 11.3 Å². The van der Waals surface area contributed by atoms with Crippen LogP contribution in [0.3, 0.4) is 0 Å². The molecule has 1 atom stereocenters. The Hall–Kier alpha value is -2.03. The number of carboxylic acids is 1. The number of fused-ring (bicyclic) bond motifs is 1. The van der Waals surface area contributed by atoms with E-state index in [4.69, 9.17) is 0 Å². The third-order valence-electron chi connectivity index (χ3n) is 4.40. The first-order valence-corrected chi connectivity index (χ1v) is 9.12. The molecule has 3 rings (SSSR count). The number of thiazole rings is 1. The van der Waals surface area contributed by atoms with Crippen LogP contribution in [0.5, 0.6) is 0 Å². The van der Waals surface area contributed by atoms with Crippen LogP contribution in [0.1, 0.15) is 6.42 Å². The third kappa shape index (κ3) is 4.75. The zero-order valence-electron chi connectivity index (χ0n) is 14.1. The van der Waals surface area contributed by atoms with E-state index in [2.05, 4.69) is 27.1 Å². The SMILES string of the molecule is CN1CCN(C[C@H](CC(=O)Nc2nc3ccccc3s2)C(=O)O)CC1. The van der Waals surface area contributed by atoms with Gasteiger partial charge in [-0.05, 0) is 19.2 Å². The summed E-state index contributed by atoms with van der Waals surface area (Å²) in [6, 6.07) is 7.64. The summed E-state index contributed by atoms with van der Waals surface area (Å²) in [6.07, 6.45) is -0.0440. The summed E-state index contributed by atoms with van der Waals surface area (Å²) >= 11 is 1.39. The van der Waals surface area contributed by atoms with E-state index in [-0.39, 0.29) is 12.3 Å². The highest BCUT2D eigenvalue weighted by molar-refractivity contribution is 7.22. The number of benzene rings is 1. The van der Waals surface area contributed by atoms with Gasteiger partial charge in [0.15, 0.2) is 5.13 Å². The van der Waals surface area contributed by atoms with Crippen molar-refractivity contribution in [2.75, 3.05) is 45.1 Å². The fourth-order valence-electron chi connectivity index (χ4n) is 2.89. The highest BCUT2D eigenvalue weighted by Crippen LogP contribution is 2.25. The largest absolute Gasteiger partial charge is 0.481 e. The fraction of sp³-hybridized carbons (Fsp3) is 0.471. The number of nitrogens with zero attached hydrogens (tertiary/aromatic N) is 3. The van der Waals surface area contributed by atoms with Gasteiger partial charge in [-0.15, -0.1) is 0 Å². The second-order valence-electron chi connectivity index (χ2n) is 6.38. The third-order valence-corrected chi connectivity index (χ3v) is 5.35. The lowest BCUT2D eigenvalue weighted by Gasteiger charge is -2.33. The molecule has 0 bridgehead atoms. The predicted octanol–water partition coefficient (Wildman–Crippen LogP) is 1.57. The van der Waals surface area contributed by atoms with E-state index in [9.17, 15) is 14.7 Å². The van der Waals surface area contributed by atoms with Crippen molar-refractivity contribution in [3.8, 4) is 0 Å². The van der Waals surface area contributed by atoms with Gasteiger partial charge in [0, 0.05) is 39.1 Å². The van der Waals surface area contributed by atoms with E-state index in [1.807, 2.05) is 24.3 Å². The fourth-order valence-corrected chi connectivity index (χ4v) is 3.77. The van der Waals surface area contributed by atoms with Crippen LogP contribution in [0.2, 0.25) is 0 Å². The van der Waals surface area contributed by atoms with E-state index < -0.39 is 11.9 Å². The van der Waals surface area contributed by atoms with Gasteiger partial charge in [-0.3, -0.25) is 14.5 Å². The van der Waals surface area contributed by atoms with Crippen LogP contribution in [-0.2, 0) is 9.59 Å². The maximum atomic E-state index is 12.3. The molecule has 1 aliphatic rings. The molecular weight excluding hydrogens is 340 g/mol. The molecule has 7 nitrogen and oxygen atoms in total. The molecule has 1 aromatic heterocycles. The molecule has 2 N–H and O–H groups in total. The minimum Gasteiger partial charge on any atom is -0.481 e. The molecular formula is C17H22N4O3S. The number of rotatable bonds is 6. The number of piperazine rings is 1. The van der Waals surface area contributed by atoms with Crippen LogP contribution in [0.25, 0.3) is 10.2 Å². The quantitative estimate of drug-likeness (QED) is 0.811. The lowest BCUT2D eigenvalue weighted by Crippen LogP contribution is -2.47. The lowest BCUT2D eigenvalue weighted by atomic mass is 10.0. The summed E-state index contributed by atoms with van der Waals surface area (Å²) in [5.41, 5.74) is 0.829. The number of nitrogens with one attached hydrogen (secondary N) is 1. The molecule has 1 aromatic carbocycles. The van der Waals surface area contributed by atoms with Crippen LogP contribution < -0.4 is 5.32 Å². The molecule has 134 valence electrons. The highest BCUT2D eigenvalue weighted by atomic mass is 32.1. The summed E-state index contributed by atoms with van der Waals surface area (Å²) in [5, 5.41) is 12.7. The molecule has 8 heteroatoms. The van der Waals surface area contributed by atoms with Gasteiger partial charge in [0.25, 0.3) is 0 Å². The summed E-state index contributed by atoms with van der Waals surface area (Å²) in [5.74, 6) is -1.95. The van der Waals surface area contributed by atoms with E-state index in [1.165, 1.54) is 11.3 Å². The van der Waals surface area contributed by atoms with Gasteiger partial charge in [0.1, 0.15) is 0 Å². The second kappa shape index (κ2) is 7.90. The number of carbonyl (C=O) groups is 2. The van der Waals surface area contributed by atoms with Crippen molar-refractivity contribution >= 4 is 38.6 Å². The lowest BCUT2D eigenvalue weighted by molar-refractivity contribution is -0.144. The summed E-state index contributed by atoms with van der Waals surface area (Å²) in [6.45, 7) is 3.91. The topological polar surface area (TPSA) is 85.8 Å². The van der Waals surface area contributed by atoms with Gasteiger partial charge in [-0.25, -0.2) is 4.98 Å². The van der Waals surface area contributed by atoms with Crippen molar-refractivity contribution in [3.05, 3.63) is 24.3 Å². The van der Waals surface area contributed by atoms with Crippen LogP contribution in [-0.4, -0.2) is 71.5 Å².